The molecule has 1 aliphatic carbocycles. The summed E-state index contributed by atoms with van der Waals surface area (Å²) < 4.78 is 5.01. The minimum atomic E-state index is -0.358. The summed E-state index contributed by atoms with van der Waals surface area (Å²) >= 11 is 0. The van der Waals surface area contributed by atoms with E-state index in [4.69, 9.17) is 4.74 Å². The predicted octanol–water partition coefficient (Wildman–Crippen LogP) is 6.20. The van der Waals surface area contributed by atoms with Crippen LogP contribution in [0, 0.1) is 12.8 Å². The number of methoxy groups -OCH3 is 1. The average molecular weight is 436 g/mol. The molecule has 1 fully saturated rings. The SMILES string of the molecule is CCCCN(CC1CCCCC1)C(=O)Cc1ccc(C(=O)OC)c(-c2ccccc2C)c1. The molecule has 0 atom stereocenters. The highest BCUT2D eigenvalue weighted by molar-refractivity contribution is 5.98. The molecular formula is C28H37NO3. The van der Waals surface area contributed by atoms with E-state index in [1.807, 2.05) is 43.3 Å². The van der Waals surface area contributed by atoms with Crippen molar-refractivity contribution >= 4 is 11.9 Å². The molecule has 3 rings (SSSR count). The fourth-order valence-corrected chi connectivity index (χ4v) is 4.72. The first-order valence-electron chi connectivity index (χ1n) is 12.1. The summed E-state index contributed by atoms with van der Waals surface area (Å²) in [6.07, 6.45) is 8.85. The van der Waals surface area contributed by atoms with E-state index in [9.17, 15) is 9.59 Å². The van der Waals surface area contributed by atoms with Crippen LogP contribution in [0.4, 0.5) is 0 Å². The van der Waals surface area contributed by atoms with E-state index in [1.165, 1.54) is 39.2 Å². The van der Waals surface area contributed by atoms with Gasteiger partial charge >= 0.3 is 5.97 Å². The Balaban J connectivity index is 1.84. The first-order chi connectivity index (χ1) is 15.5. The second kappa shape index (κ2) is 11.8. The number of benzene rings is 2. The molecule has 0 aromatic heterocycles. The lowest BCUT2D eigenvalue weighted by Gasteiger charge is -2.30. The summed E-state index contributed by atoms with van der Waals surface area (Å²) in [5.41, 5.74) is 4.37. The van der Waals surface area contributed by atoms with E-state index in [0.29, 0.717) is 17.9 Å². The molecule has 1 aliphatic rings. The topological polar surface area (TPSA) is 46.6 Å². The van der Waals surface area contributed by atoms with Gasteiger partial charge in [0.15, 0.2) is 0 Å². The summed E-state index contributed by atoms with van der Waals surface area (Å²) in [5.74, 6) is 0.461. The predicted molar refractivity (Wildman–Crippen MR) is 130 cm³/mol. The fourth-order valence-electron chi connectivity index (χ4n) is 4.72. The maximum Gasteiger partial charge on any atom is 0.338 e. The maximum atomic E-state index is 13.3. The van der Waals surface area contributed by atoms with Crippen molar-refractivity contribution < 1.29 is 14.3 Å². The molecule has 0 radical (unpaired) electrons. The Bertz CT molecular complexity index is 915. The molecule has 1 saturated carbocycles. The van der Waals surface area contributed by atoms with Gasteiger partial charge in [-0.15, -0.1) is 0 Å². The molecular weight excluding hydrogens is 398 g/mol. The number of esters is 1. The second-order valence-electron chi connectivity index (χ2n) is 9.06. The Kier molecular flexibility index (Phi) is 8.90. The van der Waals surface area contributed by atoms with Gasteiger partial charge in [-0.05, 0) is 66.5 Å². The molecule has 4 heteroatoms. The second-order valence-corrected chi connectivity index (χ2v) is 9.06. The van der Waals surface area contributed by atoms with Crippen LogP contribution >= 0.6 is 0 Å². The number of carbonyl (C=O) groups excluding carboxylic acids is 2. The van der Waals surface area contributed by atoms with E-state index >= 15 is 0 Å². The van der Waals surface area contributed by atoms with Gasteiger partial charge in [0.25, 0.3) is 0 Å². The zero-order chi connectivity index (χ0) is 22.9. The third-order valence-corrected chi connectivity index (χ3v) is 6.62. The number of aryl methyl sites for hydroxylation is 1. The summed E-state index contributed by atoms with van der Waals surface area (Å²) in [6, 6.07) is 13.7. The van der Waals surface area contributed by atoms with Crippen molar-refractivity contribution in [2.45, 2.75) is 65.2 Å². The smallest absolute Gasteiger partial charge is 0.338 e. The van der Waals surface area contributed by atoms with Gasteiger partial charge in [-0.1, -0.05) is 62.9 Å². The van der Waals surface area contributed by atoms with E-state index in [-0.39, 0.29) is 11.9 Å². The highest BCUT2D eigenvalue weighted by Crippen LogP contribution is 2.29. The van der Waals surface area contributed by atoms with Crippen LogP contribution in [0.3, 0.4) is 0 Å². The van der Waals surface area contributed by atoms with Crippen molar-refractivity contribution in [3.63, 3.8) is 0 Å². The molecule has 0 heterocycles. The minimum absolute atomic E-state index is 0.186. The Morgan fingerprint density at radius 2 is 1.78 bits per heavy atom. The number of ether oxygens (including phenoxy) is 1. The standard InChI is InChI=1S/C28H37NO3/c1-4-5-17-29(20-22-12-7-6-8-13-22)27(30)19-23-15-16-25(28(31)32-3)26(18-23)24-14-10-9-11-21(24)2/h9-11,14-16,18,22H,4-8,12-13,17,19-20H2,1-3H3. The molecule has 32 heavy (non-hydrogen) atoms. The zero-order valence-corrected chi connectivity index (χ0v) is 19.9. The van der Waals surface area contributed by atoms with Gasteiger partial charge in [0, 0.05) is 13.1 Å². The third-order valence-electron chi connectivity index (χ3n) is 6.62. The quantitative estimate of drug-likeness (QED) is 0.441. The highest BCUT2D eigenvalue weighted by atomic mass is 16.5. The molecule has 2 aromatic carbocycles. The first-order valence-corrected chi connectivity index (χ1v) is 12.1. The molecule has 0 N–H and O–H groups in total. The summed E-state index contributed by atoms with van der Waals surface area (Å²) in [5, 5.41) is 0. The van der Waals surface area contributed by atoms with Crippen molar-refractivity contribution in [2.24, 2.45) is 5.92 Å². The first kappa shape index (κ1) is 24.0. The van der Waals surface area contributed by atoms with Gasteiger partial charge < -0.3 is 9.64 Å². The van der Waals surface area contributed by atoms with Crippen LogP contribution in [-0.4, -0.2) is 37.0 Å². The van der Waals surface area contributed by atoms with Crippen LogP contribution in [0.2, 0.25) is 0 Å². The van der Waals surface area contributed by atoms with Crippen LogP contribution in [0.15, 0.2) is 42.5 Å². The number of nitrogens with zero attached hydrogens (tertiary/aromatic N) is 1. The zero-order valence-electron chi connectivity index (χ0n) is 19.9. The van der Waals surface area contributed by atoms with Gasteiger partial charge in [0.1, 0.15) is 0 Å². The van der Waals surface area contributed by atoms with Crippen molar-refractivity contribution in [3.05, 3.63) is 59.2 Å². The lowest BCUT2D eigenvalue weighted by molar-refractivity contribution is -0.131. The highest BCUT2D eigenvalue weighted by Gasteiger charge is 2.22. The van der Waals surface area contributed by atoms with Gasteiger partial charge in [0.05, 0.1) is 19.1 Å². The lowest BCUT2D eigenvalue weighted by Crippen LogP contribution is -2.37. The number of carbonyl (C=O) groups is 2. The number of hydrogen-bond acceptors (Lipinski definition) is 3. The van der Waals surface area contributed by atoms with E-state index in [0.717, 1.165) is 48.2 Å². The van der Waals surface area contributed by atoms with Gasteiger partial charge in [0.2, 0.25) is 5.91 Å². The molecule has 172 valence electrons. The van der Waals surface area contributed by atoms with Crippen LogP contribution in [0.5, 0.6) is 0 Å². The Morgan fingerprint density at radius 1 is 1.03 bits per heavy atom. The molecule has 0 saturated heterocycles. The number of hydrogen-bond donors (Lipinski definition) is 0. The van der Waals surface area contributed by atoms with E-state index in [1.54, 1.807) is 6.07 Å². The van der Waals surface area contributed by atoms with Crippen LogP contribution in [0.25, 0.3) is 11.1 Å². The number of rotatable bonds is 9. The van der Waals surface area contributed by atoms with Crippen LogP contribution < -0.4 is 0 Å². The van der Waals surface area contributed by atoms with Crippen molar-refractivity contribution in [1.29, 1.82) is 0 Å². The number of unbranched alkanes of at least 4 members (excludes halogenated alkanes) is 1. The van der Waals surface area contributed by atoms with Crippen molar-refractivity contribution in [2.75, 3.05) is 20.2 Å². The van der Waals surface area contributed by atoms with Gasteiger partial charge in [-0.3, -0.25) is 4.79 Å². The summed E-state index contributed by atoms with van der Waals surface area (Å²) in [6.45, 7) is 5.91. The minimum Gasteiger partial charge on any atom is -0.465 e. The van der Waals surface area contributed by atoms with Crippen molar-refractivity contribution in [3.8, 4) is 11.1 Å². The molecule has 2 aromatic rings. The van der Waals surface area contributed by atoms with Crippen LogP contribution in [-0.2, 0) is 16.0 Å². The Hall–Kier alpha value is -2.62. The summed E-state index contributed by atoms with van der Waals surface area (Å²) in [4.78, 5) is 27.8. The van der Waals surface area contributed by atoms with Gasteiger partial charge in [-0.2, -0.15) is 0 Å². The molecule has 1 amide bonds. The van der Waals surface area contributed by atoms with Crippen molar-refractivity contribution in [1.82, 2.24) is 4.90 Å². The monoisotopic (exact) mass is 435 g/mol. The van der Waals surface area contributed by atoms with E-state index < -0.39 is 0 Å². The normalized spacial score (nSPS) is 14.2. The molecule has 0 bridgehead atoms. The molecule has 4 nitrogen and oxygen atoms in total. The molecule has 0 unspecified atom stereocenters. The molecule has 0 aliphatic heterocycles. The Morgan fingerprint density at radius 3 is 2.47 bits per heavy atom. The maximum absolute atomic E-state index is 13.3. The molecule has 0 spiro atoms. The van der Waals surface area contributed by atoms with Gasteiger partial charge in [-0.25, -0.2) is 4.79 Å². The number of amides is 1. The van der Waals surface area contributed by atoms with E-state index in [2.05, 4.69) is 11.8 Å². The largest absolute Gasteiger partial charge is 0.465 e. The average Bonchev–Trinajstić information content (AvgIpc) is 2.82. The Labute approximate surface area is 193 Å². The van der Waals surface area contributed by atoms with Crippen LogP contribution in [0.1, 0.15) is 73.4 Å². The third kappa shape index (κ3) is 6.21. The summed E-state index contributed by atoms with van der Waals surface area (Å²) in [7, 11) is 1.40. The lowest BCUT2D eigenvalue weighted by atomic mass is 9.88. The fraction of sp³-hybridized carbons (Fsp3) is 0.500.